The second-order valence-electron chi connectivity index (χ2n) is 4.94. The molecule has 0 N–H and O–H groups in total. The minimum absolute atomic E-state index is 0.592. The van der Waals surface area contributed by atoms with Crippen molar-refractivity contribution >= 4 is 24.4 Å². The number of hydrogen-bond acceptors (Lipinski definition) is 0. The molecule has 0 fully saturated rings. The van der Waals surface area contributed by atoms with E-state index in [0.717, 1.165) is 18.4 Å². The summed E-state index contributed by atoms with van der Waals surface area (Å²) in [5, 5.41) is 3.77. The third kappa shape index (κ3) is 4.28. The van der Waals surface area contributed by atoms with Gasteiger partial charge in [-0.25, -0.2) is 0 Å². The summed E-state index contributed by atoms with van der Waals surface area (Å²) in [4.78, 5) is 0. The molecule has 0 spiro atoms. The first-order valence-electron chi connectivity index (χ1n) is 7.69. The summed E-state index contributed by atoms with van der Waals surface area (Å²) in [6.07, 6.45) is 2.05. The van der Waals surface area contributed by atoms with Crippen molar-refractivity contribution in [2.75, 3.05) is 13.1 Å². The van der Waals surface area contributed by atoms with Crippen LogP contribution in [-0.2, 0) is 0 Å². The van der Waals surface area contributed by atoms with E-state index in [4.69, 9.17) is 0 Å². The number of benzene rings is 2. The van der Waals surface area contributed by atoms with E-state index in [2.05, 4.69) is 97.6 Å². The molecule has 0 saturated heterocycles. The number of hydrogen-bond donors (Lipinski definition) is 0. The van der Waals surface area contributed by atoms with Crippen molar-refractivity contribution in [3.63, 3.8) is 0 Å². The fourth-order valence-electron chi connectivity index (χ4n) is 2.27. The van der Waals surface area contributed by atoms with E-state index in [0.29, 0.717) is 0 Å². The maximum Gasteiger partial charge on any atom is 0.167 e. The SMILES string of the molecule is C=C(C=C=[N+](CC)CC)P(c1ccccc1)c1ccccc1. The van der Waals surface area contributed by atoms with Crippen LogP contribution in [0.15, 0.2) is 78.6 Å². The molecule has 0 atom stereocenters. The molecular formula is C20H23NP+. The Morgan fingerprint density at radius 3 is 1.82 bits per heavy atom. The average molecular weight is 308 g/mol. The van der Waals surface area contributed by atoms with Crippen LogP contribution < -0.4 is 10.6 Å². The van der Waals surface area contributed by atoms with Crippen molar-refractivity contribution < 1.29 is 4.58 Å². The molecule has 0 saturated carbocycles. The lowest BCUT2D eigenvalue weighted by Crippen LogP contribution is -2.12. The first-order valence-corrected chi connectivity index (χ1v) is 9.04. The van der Waals surface area contributed by atoms with Crippen LogP contribution in [0.5, 0.6) is 0 Å². The van der Waals surface area contributed by atoms with Crippen LogP contribution in [0, 0.1) is 0 Å². The minimum Gasteiger partial charge on any atom is -0.189 e. The molecule has 1 nitrogen and oxygen atoms in total. The van der Waals surface area contributed by atoms with Crippen molar-refractivity contribution in [2.24, 2.45) is 0 Å². The Kier molecular flexibility index (Phi) is 6.34. The minimum atomic E-state index is -0.592. The van der Waals surface area contributed by atoms with Crippen molar-refractivity contribution in [3.05, 3.63) is 78.6 Å². The van der Waals surface area contributed by atoms with Gasteiger partial charge in [-0.05, 0) is 37.7 Å². The molecule has 0 radical (unpaired) electrons. The van der Waals surface area contributed by atoms with Gasteiger partial charge in [0.15, 0.2) is 5.87 Å². The molecule has 0 aliphatic carbocycles. The summed E-state index contributed by atoms with van der Waals surface area (Å²) < 4.78 is 2.16. The highest BCUT2D eigenvalue weighted by Crippen LogP contribution is 2.41. The smallest absolute Gasteiger partial charge is 0.167 e. The van der Waals surface area contributed by atoms with Crippen LogP contribution in [0.1, 0.15) is 13.8 Å². The predicted molar refractivity (Wildman–Crippen MR) is 99.1 cm³/mol. The van der Waals surface area contributed by atoms with Gasteiger partial charge in [-0.2, -0.15) is 4.58 Å². The predicted octanol–water partition coefficient (Wildman–Crippen LogP) is 3.91. The Balaban J connectivity index is 2.42. The maximum atomic E-state index is 4.33. The van der Waals surface area contributed by atoms with Gasteiger partial charge in [0.25, 0.3) is 0 Å². The van der Waals surface area contributed by atoms with Gasteiger partial charge >= 0.3 is 0 Å². The summed E-state index contributed by atoms with van der Waals surface area (Å²) in [6, 6.07) is 21.3. The first kappa shape index (κ1) is 16.4. The van der Waals surface area contributed by atoms with Gasteiger partial charge < -0.3 is 0 Å². The molecule has 0 bridgehead atoms. The molecule has 22 heavy (non-hydrogen) atoms. The summed E-state index contributed by atoms with van der Waals surface area (Å²) in [6.45, 7) is 10.6. The maximum absolute atomic E-state index is 4.33. The van der Waals surface area contributed by atoms with Gasteiger partial charge in [-0.3, -0.25) is 0 Å². The molecule has 0 aromatic heterocycles. The van der Waals surface area contributed by atoms with Gasteiger partial charge in [0.2, 0.25) is 0 Å². The standard InChI is InChI=1S/C20H23NP/c1-4-21(5-2)17-16-18(3)22(19-12-8-6-9-13-19)20-14-10-7-11-15-20/h6-16H,3-5H2,1-2H3/q+1. The van der Waals surface area contributed by atoms with Crippen molar-refractivity contribution in [1.82, 2.24) is 0 Å². The topological polar surface area (TPSA) is 3.01 Å². The van der Waals surface area contributed by atoms with Gasteiger partial charge in [-0.1, -0.05) is 67.2 Å². The number of rotatable bonds is 6. The fourth-order valence-corrected chi connectivity index (χ4v) is 4.36. The van der Waals surface area contributed by atoms with E-state index < -0.39 is 7.92 Å². The number of allylic oxidation sites excluding steroid dienone is 2. The third-order valence-corrected chi connectivity index (χ3v) is 5.83. The molecule has 112 valence electrons. The molecule has 0 unspecified atom stereocenters. The van der Waals surface area contributed by atoms with Crippen LogP contribution in [0.2, 0.25) is 0 Å². The lowest BCUT2D eigenvalue weighted by Gasteiger charge is -2.18. The molecule has 2 rings (SSSR count). The largest absolute Gasteiger partial charge is 0.189 e. The van der Waals surface area contributed by atoms with Crippen LogP contribution >= 0.6 is 7.92 Å². The van der Waals surface area contributed by atoms with E-state index in [1.807, 2.05) is 0 Å². The van der Waals surface area contributed by atoms with Crippen molar-refractivity contribution in [2.45, 2.75) is 13.8 Å². The highest BCUT2D eigenvalue weighted by Gasteiger charge is 2.15. The Morgan fingerprint density at radius 2 is 1.41 bits per heavy atom. The highest BCUT2D eigenvalue weighted by atomic mass is 31.1. The fraction of sp³-hybridized carbons (Fsp3) is 0.200. The quantitative estimate of drug-likeness (QED) is 0.329. The van der Waals surface area contributed by atoms with Crippen molar-refractivity contribution in [1.29, 1.82) is 0 Å². The molecule has 2 aromatic carbocycles. The lowest BCUT2D eigenvalue weighted by atomic mass is 10.4. The van der Waals surface area contributed by atoms with Gasteiger partial charge in [0.05, 0.1) is 6.08 Å². The zero-order valence-corrected chi connectivity index (χ0v) is 14.3. The zero-order valence-electron chi connectivity index (χ0n) is 13.4. The highest BCUT2D eigenvalue weighted by molar-refractivity contribution is 7.77. The Hall–Kier alpha value is -1.94. The van der Waals surface area contributed by atoms with Gasteiger partial charge in [0.1, 0.15) is 13.1 Å². The second kappa shape index (κ2) is 8.49. The molecule has 0 aliphatic rings. The molecule has 0 amide bonds. The third-order valence-electron chi connectivity index (χ3n) is 3.49. The van der Waals surface area contributed by atoms with Gasteiger partial charge in [-0.15, -0.1) is 0 Å². The van der Waals surface area contributed by atoms with Crippen LogP contribution in [0.4, 0.5) is 0 Å². The van der Waals surface area contributed by atoms with Crippen LogP contribution in [0.3, 0.4) is 0 Å². The molecule has 0 heterocycles. The monoisotopic (exact) mass is 308 g/mol. The van der Waals surface area contributed by atoms with E-state index in [-0.39, 0.29) is 0 Å². The first-order chi connectivity index (χ1) is 10.8. The van der Waals surface area contributed by atoms with E-state index >= 15 is 0 Å². The van der Waals surface area contributed by atoms with Gasteiger partial charge in [0, 0.05) is 0 Å². The Bertz CT molecular complexity index is 622. The van der Waals surface area contributed by atoms with Crippen LogP contribution in [0.25, 0.3) is 0 Å². The lowest BCUT2D eigenvalue weighted by molar-refractivity contribution is -0.513. The Morgan fingerprint density at radius 1 is 0.955 bits per heavy atom. The van der Waals surface area contributed by atoms with E-state index in [1.165, 1.54) is 10.6 Å². The summed E-state index contributed by atoms with van der Waals surface area (Å²) in [5.74, 6) is 3.36. The zero-order chi connectivity index (χ0) is 15.8. The van der Waals surface area contributed by atoms with Crippen molar-refractivity contribution in [3.8, 4) is 0 Å². The molecule has 0 aliphatic heterocycles. The van der Waals surface area contributed by atoms with Crippen LogP contribution in [-0.4, -0.2) is 23.5 Å². The molecular weight excluding hydrogens is 285 g/mol. The average Bonchev–Trinajstić information content (AvgIpc) is 2.58. The summed E-state index contributed by atoms with van der Waals surface area (Å²) in [7, 11) is -0.592. The second-order valence-corrected chi connectivity index (χ2v) is 7.22. The van der Waals surface area contributed by atoms with E-state index in [1.54, 1.807) is 0 Å². The van der Waals surface area contributed by atoms with E-state index in [9.17, 15) is 0 Å². The number of nitrogens with zero attached hydrogens (tertiary/aromatic N) is 1. The molecule has 2 heteroatoms. The Labute approximate surface area is 135 Å². The normalized spacial score (nSPS) is 10.1. The summed E-state index contributed by atoms with van der Waals surface area (Å²) >= 11 is 0. The summed E-state index contributed by atoms with van der Waals surface area (Å²) in [5.41, 5.74) is 0. The molecule has 2 aromatic rings.